The zero-order valence-corrected chi connectivity index (χ0v) is 11.6. The van der Waals surface area contributed by atoms with Crippen LogP contribution in [0.3, 0.4) is 0 Å². The number of rotatable bonds is 3. The van der Waals surface area contributed by atoms with Crippen LogP contribution < -0.4 is 11.1 Å². The summed E-state index contributed by atoms with van der Waals surface area (Å²) in [6.07, 6.45) is 4.62. The normalized spacial score (nSPS) is 28.1. The van der Waals surface area contributed by atoms with Crippen molar-refractivity contribution in [1.82, 2.24) is 9.97 Å². The lowest BCUT2D eigenvalue weighted by molar-refractivity contribution is 0.276. The maximum absolute atomic E-state index is 5.81. The summed E-state index contributed by atoms with van der Waals surface area (Å²) >= 11 is 0. The SMILES string of the molecule is CCc1nc(N)cc(NC2CCC(C)CC2C)n1. The van der Waals surface area contributed by atoms with Gasteiger partial charge in [-0.3, -0.25) is 0 Å². The summed E-state index contributed by atoms with van der Waals surface area (Å²) in [5.74, 6) is 3.79. The van der Waals surface area contributed by atoms with Crippen molar-refractivity contribution in [3.05, 3.63) is 11.9 Å². The molecule has 4 heteroatoms. The van der Waals surface area contributed by atoms with Crippen molar-refractivity contribution in [2.24, 2.45) is 11.8 Å². The third kappa shape index (κ3) is 3.12. The van der Waals surface area contributed by atoms with Gasteiger partial charge in [0.15, 0.2) is 0 Å². The Kier molecular flexibility index (Phi) is 4.04. The number of hydrogen-bond acceptors (Lipinski definition) is 4. The Morgan fingerprint density at radius 2 is 2.11 bits per heavy atom. The van der Waals surface area contributed by atoms with Gasteiger partial charge in [0.25, 0.3) is 0 Å². The first-order valence-electron chi connectivity index (χ1n) is 6.98. The summed E-state index contributed by atoms with van der Waals surface area (Å²) in [6.45, 7) is 6.70. The van der Waals surface area contributed by atoms with E-state index in [2.05, 4.69) is 29.1 Å². The van der Waals surface area contributed by atoms with Crippen molar-refractivity contribution in [1.29, 1.82) is 0 Å². The van der Waals surface area contributed by atoms with Gasteiger partial charge in [0.1, 0.15) is 17.5 Å². The maximum Gasteiger partial charge on any atom is 0.132 e. The second-order valence-electron chi connectivity index (χ2n) is 5.59. The van der Waals surface area contributed by atoms with E-state index in [-0.39, 0.29) is 0 Å². The number of aromatic nitrogens is 2. The van der Waals surface area contributed by atoms with Gasteiger partial charge in [0.05, 0.1) is 0 Å². The highest BCUT2D eigenvalue weighted by atomic mass is 15.1. The molecular weight excluding hydrogens is 224 g/mol. The van der Waals surface area contributed by atoms with Crippen LogP contribution in [0.25, 0.3) is 0 Å². The molecule has 2 rings (SSSR count). The zero-order valence-electron chi connectivity index (χ0n) is 11.6. The van der Waals surface area contributed by atoms with E-state index in [1.165, 1.54) is 19.3 Å². The van der Waals surface area contributed by atoms with E-state index >= 15 is 0 Å². The number of nitrogens with one attached hydrogen (secondary N) is 1. The number of nitrogen functional groups attached to an aromatic ring is 1. The van der Waals surface area contributed by atoms with Gasteiger partial charge in [-0.15, -0.1) is 0 Å². The molecule has 4 nitrogen and oxygen atoms in total. The quantitative estimate of drug-likeness (QED) is 0.863. The minimum Gasteiger partial charge on any atom is -0.384 e. The number of hydrogen-bond donors (Lipinski definition) is 2. The third-order valence-corrected chi connectivity index (χ3v) is 3.87. The van der Waals surface area contributed by atoms with Crippen molar-refractivity contribution < 1.29 is 0 Å². The van der Waals surface area contributed by atoms with Gasteiger partial charge in [0.2, 0.25) is 0 Å². The molecule has 3 unspecified atom stereocenters. The number of anilines is 2. The van der Waals surface area contributed by atoms with E-state index in [1.807, 2.05) is 13.0 Å². The highest BCUT2D eigenvalue weighted by Gasteiger charge is 2.25. The first-order chi connectivity index (χ1) is 8.58. The summed E-state index contributed by atoms with van der Waals surface area (Å²) in [5, 5.41) is 3.54. The Labute approximate surface area is 109 Å². The van der Waals surface area contributed by atoms with Crippen molar-refractivity contribution >= 4 is 11.6 Å². The molecule has 0 saturated heterocycles. The Bertz CT molecular complexity index is 405. The van der Waals surface area contributed by atoms with E-state index in [1.54, 1.807) is 0 Å². The molecule has 1 aromatic heterocycles. The first-order valence-corrected chi connectivity index (χ1v) is 6.98. The summed E-state index contributed by atoms with van der Waals surface area (Å²) < 4.78 is 0. The number of aryl methyl sites for hydroxylation is 1. The topological polar surface area (TPSA) is 63.8 Å². The van der Waals surface area contributed by atoms with Crippen molar-refractivity contribution in [2.75, 3.05) is 11.1 Å². The highest BCUT2D eigenvalue weighted by Crippen LogP contribution is 2.30. The Hall–Kier alpha value is -1.32. The first kappa shape index (κ1) is 13.1. The lowest BCUT2D eigenvalue weighted by atomic mass is 9.80. The average Bonchev–Trinajstić information content (AvgIpc) is 2.32. The van der Waals surface area contributed by atoms with Crippen LogP contribution in [0.15, 0.2) is 6.07 Å². The van der Waals surface area contributed by atoms with Gasteiger partial charge in [-0.1, -0.05) is 20.8 Å². The monoisotopic (exact) mass is 248 g/mol. The second kappa shape index (κ2) is 5.55. The molecule has 18 heavy (non-hydrogen) atoms. The number of nitrogens with zero attached hydrogens (tertiary/aromatic N) is 2. The average molecular weight is 248 g/mol. The fraction of sp³-hybridized carbons (Fsp3) is 0.714. The Morgan fingerprint density at radius 1 is 1.33 bits per heavy atom. The van der Waals surface area contributed by atoms with Crippen LogP contribution in [-0.4, -0.2) is 16.0 Å². The standard InChI is InChI=1S/C14H24N4/c1-4-13-17-12(15)8-14(18-13)16-11-6-5-9(2)7-10(11)3/h8-11H,4-7H2,1-3H3,(H3,15,16,17,18). The Morgan fingerprint density at radius 3 is 2.78 bits per heavy atom. The van der Waals surface area contributed by atoms with Crippen LogP contribution in [0.5, 0.6) is 0 Å². The molecule has 0 aliphatic heterocycles. The fourth-order valence-corrected chi connectivity index (χ4v) is 2.82. The highest BCUT2D eigenvalue weighted by molar-refractivity contribution is 5.45. The molecule has 0 radical (unpaired) electrons. The van der Waals surface area contributed by atoms with E-state index in [0.717, 1.165) is 24.0 Å². The molecule has 3 N–H and O–H groups in total. The van der Waals surface area contributed by atoms with E-state index in [9.17, 15) is 0 Å². The minimum atomic E-state index is 0.514. The molecule has 1 saturated carbocycles. The molecule has 1 aromatic rings. The summed E-state index contributed by atoms with van der Waals surface area (Å²) in [7, 11) is 0. The fourth-order valence-electron chi connectivity index (χ4n) is 2.82. The van der Waals surface area contributed by atoms with E-state index < -0.39 is 0 Å². The van der Waals surface area contributed by atoms with Crippen LogP contribution >= 0.6 is 0 Å². The molecule has 3 atom stereocenters. The van der Waals surface area contributed by atoms with Crippen molar-refractivity contribution in [3.8, 4) is 0 Å². The maximum atomic E-state index is 5.81. The van der Waals surface area contributed by atoms with Gasteiger partial charge < -0.3 is 11.1 Å². The smallest absolute Gasteiger partial charge is 0.132 e. The van der Waals surface area contributed by atoms with Crippen molar-refractivity contribution in [2.45, 2.75) is 52.5 Å². The van der Waals surface area contributed by atoms with E-state index in [0.29, 0.717) is 17.8 Å². The van der Waals surface area contributed by atoms with Gasteiger partial charge in [0, 0.05) is 18.5 Å². The van der Waals surface area contributed by atoms with Crippen LogP contribution in [0, 0.1) is 11.8 Å². The molecule has 0 aromatic carbocycles. The minimum absolute atomic E-state index is 0.514. The van der Waals surface area contributed by atoms with Gasteiger partial charge in [-0.25, -0.2) is 9.97 Å². The van der Waals surface area contributed by atoms with Gasteiger partial charge in [-0.05, 0) is 31.1 Å². The molecule has 0 amide bonds. The molecule has 0 spiro atoms. The predicted octanol–water partition coefficient (Wildman–Crippen LogP) is 2.86. The second-order valence-corrected chi connectivity index (χ2v) is 5.59. The van der Waals surface area contributed by atoms with E-state index in [4.69, 9.17) is 5.73 Å². The molecule has 1 heterocycles. The number of nitrogens with two attached hydrogens (primary N) is 1. The molecule has 0 bridgehead atoms. The molecular formula is C14H24N4. The summed E-state index contributed by atoms with van der Waals surface area (Å²) in [5.41, 5.74) is 5.81. The molecule has 1 fully saturated rings. The van der Waals surface area contributed by atoms with Gasteiger partial charge >= 0.3 is 0 Å². The molecule has 1 aliphatic rings. The third-order valence-electron chi connectivity index (χ3n) is 3.87. The van der Waals surface area contributed by atoms with Crippen LogP contribution in [-0.2, 0) is 6.42 Å². The predicted molar refractivity (Wildman–Crippen MR) is 75.4 cm³/mol. The molecule has 100 valence electrons. The summed E-state index contributed by atoms with van der Waals surface area (Å²) in [4.78, 5) is 8.70. The Balaban J connectivity index is 2.06. The lowest BCUT2D eigenvalue weighted by Gasteiger charge is -2.33. The van der Waals surface area contributed by atoms with Crippen LogP contribution in [0.4, 0.5) is 11.6 Å². The largest absolute Gasteiger partial charge is 0.384 e. The summed E-state index contributed by atoms with van der Waals surface area (Å²) in [6, 6.07) is 2.35. The van der Waals surface area contributed by atoms with Crippen LogP contribution in [0.1, 0.15) is 45.9 Å². The zero-order chi connectivity index (χ0) is 13.1. The van der Waals surface area contributed by atoms with Gasteiger partial charge in [-0.2, -0.15) is 0 Å². The molecule has 1 aliphatic carbocycles. The van der Waals surface area contributed by atoms with Crippen molar-refractivity contribution in [3.63, 3.8) is 0 Å². The lowest BCUT2D eigenvalue weighted by Crippen LogP contribution is -2.33. The van der Waals surface area contributed by atoms with Crippen LogP contribution in [0.2, 0.25) is 0 Å².